The van der Waals surface area contributed by atoms with E-state index in [1.807, 2.05) is 20.8 Å². The van der Waals surface area contributed by atoms with Gasteiger partial charge in [-0.05, 0) is 36.7 Å². The maximum Gasteiger partial charge on any atom is 0.331 e. The van der Waals surface area contributed by atoms with Crippen molar-refractivity contribution in [2.24, 2.45) is 0 Å². The summed E-state index contributed by atoms with van der Waals surface area (Å²) in [5, 5.41) is 4.74. The van der Waals surface area contributed by atoms with Gasteiger partial charge in [0, 0.05) is 23.7 Å². The second kappa shape index (κ2) is 6.52. The van der Waals surface area contributed by atoms with E-state index in [1.54, 1.807) is 10.6 Å². The van der Waals surface area contributed by atoms with E-state index < -0.39 is 11.6 Å². The summed E-state index contributed by atoms with van der Waals surface area (Å²) in [6, 6.07) is 1.79. The van der Waals surface area contributed by atoms with E-state index in [0.29, 0.717) is 21.8 Å². The first-order valence-electron chi connectivity index (χ1n) is 6.64. The van der Waals surface area contributed by atoms with Crippen LogP contribution in [-0.2, 0) is 20.7 Å². The lowest BCUT2D eigenvalue weighted by molar-refractivity contribution is -0.151. The standard InChI is InChI=1S/C14H17BrClN3O3/c1-8-9(6-14(2,3)22-7-12(20)21-4)13(16)19-11(17-8)5-10(15)18-19/h5H,6-7H2,1-4H3. The number of rotatable bonds is 5. The molecule has 0 bridgehead atoms. The first-order valence-corrected chi connectivity index (χ1v) is 7.81. The molecule has 2 aromatic rings. The van der Waals surface area contributed by atoms with E-state index >= 15 is 0 Å². The number of nitrogens with zero attached hydrogens (tertiary/aromatic N) is 3. The molecule has 8 heteroatoms. The number of methoxy groups -OCH3 is 1. The van der Waals surface area contributed by atoms with Crippen LogP contribution < -0.4 is 0 Å². The number of carbonyl (C=O) groups excluding carboxylic acids is 1. The Bertz CT molecular complexity index is 715. The average molecular weight is 391 g/mol. The quantitative estimate of drug-likeness (QED) is 0.580. The van der Waals surface area contributed by atoms with Crippen LogP contribution >= 0.6 is 27.5 Å². The molecule has 2 aromatic heterocycles. The molecule has 0 N–H and O–H groups in total. The number of carbonyl (C=O) groups is 1. The van der Waals surface area contributed by atoms with Crippen LogP contribution in [0.25, 0.3) is 5.65 Å². The molecule has 0 atom stereocenters. The van der Waals surface area contributed by atoms with Crippen LogP contribution in [0.4, 0.5) is 0 Å². The molecule has 0 aromatic carbocycles. The highest BCUT2D eigenvalue weighted by molar-refractivity contribution is 9.10. The molecular formula is C14H17BrClN3O3. The predicted molar refractivity (Wildman–Crippen MR) is 86.2 cm³/mol. The van der Waals surface area contributed by atoms with Gasteiger partial charge in [-0.3, -0.25) is 0 Å². The fraction of sp³-hybridized carbons (Fsp3) is 0.500. The highest BCUT2D eigenvalue weighted by atomic mass is 79.9. The van der Waals surface area contributed by atoms with Crippen molar-refractivity contribution in [3.8, 4) is 0 Å². The summed E-state index contributed by atoms with van der Waals surface area (Å²) >= 11 is 9.76. The van der Waals surface area contributed by atoms with Crippen LogP contribution in [-0.4, -0.2) is 39.9 Å². The smallest absolute Gasteiger partial charge is 0.331 e. The number of hydrogen-bond acceptors (Lipinski definition) is 5. The summed E-state index contributed by atoms with van der Waals surface area (Å²) in [7, 11) is 1.33. The largest absolute Gasteiger partial charge is 0.467 e. The van der Waals surface area contributed by atoms with Crippen LogP contribution in [0.1, 0.15) is 25.1 Å². The monoisotopic (exact) mass is 389 g/mol. The second-order valence-electron chi connectivity index (χ2n) is 5.50. The molecule has 0 spiro atoms. The topological polar surface area (TPSA) is 65.7 Å². The van der Waals surface area contributed by atoms with Gasteiger partial charge in [0.05, 0.1) is 12.7 Å². The normalized spacial score (nSPS) is 11.9. The summed E-state index contributed by atoms with van der Waals surface area (Å²) in [6.45, 7) is 5.55. The zero-order chi connectivity index (χ0) is 16.5. The molecule has 22 heavy (non-hydrogen) atoms. The van der Waals surface area contributed by atoms with Gasteiger partial charge < -0.3 is 9.47 Å². The van der Waals surface area contributed by atoms with Gasteiger partial charge in [0.15, 0.2) is 5.65 Å². The molecule has 0 fully saturated rings. The molecule has 0 aliphatic heterocycles. The number of halogens is 2. The SMILES string of the molecule is COC(=O)COC(C)(C)Cc1c(C)nc2cc(Br)nn2c1Cl. The Morgan fingerprint density at radius 3 is 2.82 bits per heavy atom. The number of ether oxygens (including phenoxy) is 2. The molecular weight excluding hydrogens is 374 g/mol. The molecule has 0 unspecified atom stereocenters. The van der Waals surface area contributed by atoms with Crippen LogP contribution in [0.3, 0.4) is 0 Å². The number of hydrogen-bond donors (Lipinski definition) is 0. The van der Waals surface area contributed by atoms with E-state index in [-0.39, 0.29) is 6.61 Å². The van der Waals surface area contributed by atoms with Crippen molar-refractivity contribution >= 4 is 39.1 Å². The summed E-state index contributed by atoms with van der Waals surface area (Å²) < 4.78 is 12.4. The van der Waals surface area contributed by atoms with E-state index in [9.17, 15) is 4.79 Å². The maximum absolute atomic E-state index is 11.2. The van der Waals surface area contributed by atoms with E-state index in [1.165, 1.54) is 7.11 Å². The van der Waals surface area contributed by atoms with Gasteiger partial charge in [-0.15, -0.1) is 0 Å². The van der Waals surface area contributed by atoms with Crippen LogP contribution in [0.5, 0.6) is 0 Å². The average Bonchev–Trinajstić information content (AvgIpc) is 2.81. The molecule has 2 rings (SSSR count). The highest BCUT2D eigenvalue weighted by Gasteiger charge is 2.25. The fourth-order valence-electron chi connectivity index (χ4n) is 2.07. The molecule has 120 valence electrons. The van der Waals surface area contributed by atoms with Gasteiger partial charge in [-0.25, -0.2) is 14.3 Å². The molecule has 2 heterocycles. The van der Waals surface area contributed by atoms with Crippen molar-refractivity contribution in [2.75, 3.05) is 13.7 Å². The first kappa shape index (κ1) is 17.2. The summed E-state index contributed by atoms with van der Waals surface area (Å²) in [6.07, 6.45) is 0.495. The molecule has 0 amide bonds. The van der Waals surface area contributed by atoms with Crippen molar-refractivity contribution < 1.29 is 14.3 Å². The van der Waals surface area contributed by atoms with Crippen molar-refractivity contribution in [2.45, 2.75) is 32.8 Å². The zero-order valence-corrected chi connectivity index (χ0v) is 15.2. The predicted octanol–water partition coefficient (Wildman–Crippen LogP) is 2.96. The summed E-state index contributed by atoms with van der Waals surface area (Å²) in [5.74, 6) is -0.416. The van der Waals surface area contributed by atoms with Gasteiger partial charge in [0.1, 0.15) is 16.4 Å². The van der Waals surface area contributed by atoms with Crippen molar-refractivity contribution in [3.05, 3.63) is 27.1 Å². The zero-order valence-electron chi connectivity index (χ0n) is 12.8. The van der Waals surface area contributed by atoms with Gasteiger partial charge in [0.2, 0.25) is 0 Å². The second-order valence-corrected chi connectivity index (χ2v) is 6.68. The Kier molecular flexibility index (Phi) is 5.09. The van der Waals surface area contributed by atoms with Crippen LogP contribution in [0, 0.1) is 6.92 Å². The Labute approximate surface area is 141 Å². The van der Waals surface area contributed by atoms with E-state index in [0.717, 1.165) is 11.3 Å². The van der Waals surface area contributed by atoms with Gasteiger partial charge >= 0.3 is 5.97 Å². The number of fused-ring (bicyclic) bond motifs is 1. The third-order valence-corrected chi connectivity index (χ3v) is 4.00. The van der Waals surface area contributed by atoms with Crippen LogP contribution in [0.2, 0.25) is 5.15 Å². The number of aryl methyl sites for hydroxylation is 1. The van der Waals surface area contributed by atoms with Crippen molar-refractivity contribution in [3.63, 3.8) is 0 Å². The van der Waals surface area contributed by atoms with Crippen molar-refractivity contribution in [1.82, 2.24) is 14.6 Å². The molecule has 0 saturated carbocycles. The summed E-state index contributed by atoms with van der Waals surface area (Å²) in [4.78, 5) is 15.7. The highest BCUT2D eigenvalue weighted by Crippen LogP contribution is 2.27. The molecule has 0 aliphatic carbocycles. The van der Waals surface area contributed by atoms with E-state index in [4.69, 9.17) is 16.3 Å². The third-order valence-electron chi connectivity index (χ3n) is 3.23. The van der Waals surface area contributed by atoms with Gasteiger partial charge in [0.25, 0.3) is 0 Å². The lowest BCUT2D eigenvalue weighted by atomic mass is 9.98. The number of aromatic nitrogens is 3. The van der Waals surface area contributed by atoms with Gasteiger partial charge in [-0.1, -0.05) is 11.6 Å². The summed E-state index contributed by atoms with van der Waals surface area (Å²) in [5.41, 5.74) is 1.72. The Morgan fingerprint density at radius 2 is 2.18 bits per heavy atom. The first-order chi connectivity index (χ1) is 10.2. The minimum absolute atomic E-state index is 0.108. The maximum atomic E-state index is 11.2. The number of esters is 1. The molecule has 6 nitrogen and oxygen atoms in total. The van der Waals surface area contributed by atoms with E-state index in [2.05, 4.69) is 30.7 Å². The minimum Gasteiger partial charge on any atom is -0.467 e. The fourth-order valence-corrected chi connectivity index (χ4v) is 2.77. The Hall–Kier alpha value is -1.18. The lowest BCUT2D eigenvalue weighted by Gasteiger charge is -2.26. The van der Waals surface area contributed by atoms with Gasteiger partial charge in [-0.2, -0.15) is 5.10 Å². The minimum atomic E-state index is -0.595. The third kappa shape index (κ3) is 3.77. The molecule has 0 aliphatic rings. The molecule has 0 radical (unpaired) electrons. The molecule has 0 saturated heterocycles. The van der Waals surface area contributed by atoms with Crippen LogP contribution in [0.15, 0.2) is 10.7 Å². The lowest BCUT2D eigenvalue weighted by Crippen LogP contribution is -2.31. The van der Waals surface area contributed by atoms with Crippen molar-refractivity contribution in [1.29, 1.82) is 0 Å². The Morgan fingerprint density at radius 1 is 1.50 bits per heavy atom. The Balaban J connectivity index is 2.28.